The van der Waals surface area contributed by atoms with Crippen LogP contribution in [0.1, 0.15) is 63.7 Å². The zero-order chi connectivity index (χ0) is 20.6. The van der Waals surface area contributed by atoms with Gasteiger partial charge in [-0.1, -0.05) is 30.2 Å². The molecule has 0 radical (unpaired) electrons. The first kappa shape index (κ1) is 22.4. The molecule has 0 aliphatic carbocycles. The Balaban J connectivity index is 2.71. The molecular formula is C23H30O4. The summed E-state index contributed by atoms with van der Waals surface area (Å²) in [6, 6.07) is 3.97. The molecule has 1 aromatic rings. The van der Waals surface area contributed by atoms with Crippen molar-refractivity contribution in [3.8, 4) is 11.5 Å². The minimum absolute atomic E-state index is 0.0844. The van der Waals surface area contributed by atoms with Crippen molar-refractivity contribution in [3.63, 3.8) is 0 Å². The zero-order valence-electron chi connectivity index (χ0n) is 16.7. The molecule has 0 bridgehead atoms. The van der Waals surface area contributed by atoms with E-state index in [9.17, 15) is 19.8 Å². The highest BCUT2D eigenvalue weighted by molar-refractivity contribution is 5.99. The summed E-state index contributed by atoms with van der Waals surface area (Å²) in [5.41, 5.74) is 1.76. The molecule has 4 nitrogen and oxygen atoms in total. The lowest BCUT2D eigenvalue weighted by atomic mass is 9.79. The Hall–Kier alpha value is -2.62. The maximum Gasteiger partial charge on any atom is 0.167 e. The summed E-state index contributed by atoms with van der Waals surface area (Å²) in [6.45, 7) is 11.5. The molecule has 0 heterocycles. The lowest BCUT2D eigenvalue weighted by Gasteiger charge is -2.24. The number of benzene rings is 1. The third kappa shape index (κ3) is 7.65. The number of phenols is 2. The van der Waals surface area contributed by atoms with E-state index in [1.165, 1.54) is 12.1 Å². The molecule has 0 saturated heterocycles. The molecule has 0 spiro atoms. The van der Waals surface area contributed by atoms with Gasteiger partial charge >= 0.3 is 0 Å². The van der Waals surface area contributed by atoms with Gasteiger partial charge in [0, 0.05) is 18.9 Å². The van der Waals surface area contributed by atoms with Crippen molar-refractivity contribution in [1.82, 2.24) is 0 Å². The molecule has 1 rings (SSSR count). The third-order valence-electron chi connectivity index (χ3n) is 4.45. The van der Waals surface area contributed by atoms with Crippen molar-refractivity contribution in [2.75, 3.05) is 0 Å². The first-order valence-electron chi connectivity index (χ1n) is 9.08. The van der Waals surface area contributed by atoms with E-state index >= 15 is 0 Å². The summed E-state index contributed by atoms with van der Waals surface area (Å²) < 4.78 is 0. The average Bonchev–Trinajstić information content (AvgIpc) is 2.53. The number of Topliss-reactive ketones (excluding diaryl/α,β-unsaturated/α-hetero) is 1. The Labute approximate surface area is 161 Å². The Morgan fingerprint density at radius 3 is 2.41 bits per heavy atom. The van der Waals surface area contributed by atoms with Gasteiger partial charge < -0.3 is 10.2 Å². The molecule has 1 atom stereocenters. The van der Waals surface area contributed by atoms with Gasteiger partial charge in [-0.2, -0.15) is 0 Å². The fourth-order valence-corrected chi connectivity index (χ4v) is 2.85. The van der Waals surface area contributed by atoms with Gasteiger partial charge in [0.25, 0.3) is 0 Å². The van der Waals surface area contributed by atoms with E-state index in [2.05, 4.69) is 6.58 Å². The smallest absolute Gasteiger partial charge is 0.167 e. The number of phenolic OH excluding ortho intramolecular Hbond substituents is 2. The Morgan fingerprint density at radius 2 is 1.85 bits per heavy atom. The fourth-order valence-electron chi connectivity index (χ4n) is 2.85. The second-order valence-electron chi connectivity index (χ2n) is 7.61. The Kier molecular flexibility index (Phi) is 8.23. The monoisotopic (exact) mass is 370 g/mol. The van der Waals surface area contributed by atoms with Gasteiger partial charge in [-0.3, -0.25) is 9.59 Å². The molecule has 0 aromatic heterocycles. The summed E-state index contributed by atoms with van der Waals surface area (Å²) in [5, 5.41) is 19.2. The Morgan fingerprint density at radius 1 is 1.19 bits per heavy atom. The predicted molar refractivity (Wildman–Crippen MR) is 109 cm³/mol. The average molecular weight is 370 g/mol. The molecule has 0 saturated carbocycles. The first-order chi connectivity index (χ1) is 12.6. The highest BCUT2D eigenvalue weighted by atomic mass is 16.3. The minimum Gasteiger partial charge on any atom is -0.508 e. The van der Waals surface area contributed by atoms with Crippen LogP contribution >= 0.6 is 0 Å². The number of ketones is 2. The normalized spacial score (nSPS) is 13.6. The highest BCUT2D eigenvalue weighted by Crippen LogP contribution is 2.33. The van der Waals surface area contributed by atoms with Crippen LogP contribution in [-0.2, 0) is 4.79 Å². The van der Waals surface area contributed by atoms with Gasteiger partial charge in [0.05, 0.1) is 5.56 Å². The molecule has 0 aliphatic rings. The number of aromatic hydroxyl groups is 2. The van der Waals surface area contributed by atoms with Gasteiger partial charge in [-0.05, 0) is 57.2 Å². The van der Waals surface area contributed by atoms with Crippen LogP contribution in [0.25, 0.3) is 0 Å². The van der Waals surface area contributed by atoms with E-state index in [-0.39, 0.29) is 35.0 Å². The van der Waals surface area contributed by atoms with Crippen molar-refractivity contribution in [2.24, 2.45) is 5.41 Å². The van der Waals surface area contributed by atoms with Crippen LogP contribution < -0.4 is 0 Å². The summed E-state index contributed by atoms with van der Waals surface area (Å²) in [7, 11) is 0. The van der Waals surface area contributed by atoms with Gasteiger partial charge in [-0.25, -0.2) is 0 Å². The van der Waals surface area contributed by atoms with Crippen molar-refractivity contribution < 1.29 is 19.8 Å². The molecule has 0 fully saturated rings. The van der Waals surface area contributed by atoms with Crippen LogP contribution in [0.4, 0.5) is 0 Å². The number of rotatable bonds is 10. The number of carbonyl (C=O) groups excluding carboxylic acids is 2. The van der Waals surface area contributed by atoms with Gasteiger partial charge in [0.15, 0.2) is 11.6 Å². The van der Waals surface area contributed by atoms with Crippen LogP contribution in [0, 0.1) is 5.41 Å². The third-order valence-corrected chi connectivity index (χ3v) is 4.45. The van der Waals surface area contributed by atoms with E-state index in [4.69, 9.17) is 0 Å². The highest BCUT2D eigenvalue weighted by Gasteiger charge is 2.25. The van der Waals surface area contributed by atoms with Crippen molar-refractivity contribution >= 4 is 11.6 Å². The standard InChI is InChI=1S/C23H30O4/c1-6-23(5,11-7-8-17(4)13-19(25)12-16(2)3)15-22(27)20-10-9-18(24)14-21(20)26/h6,8-10,12,14,24,26H,1,7,11,13,15H2,2-5H3. The van der Waals surface area contributed by atoms with E-state index in [1.54, 1.807) is 12.2 Å². The van der Waals surface area contributed by atoms with Crippen molar-refractivity contribution in [3.05, 3.63) is 59.7 Å². The zero-order valence-corrected chi connectivity index (χ0v) is 16.7. The molecule has 146 valence electrons. The maximum atomic E-state index is 12.5. The van der Waals surface area contributed by atoms with E-state index in [0.29, 0.717) is 12.8 Å². The number of hydrogen-bond donors (Lipinski definition) is 2. The maximum absolute atomic E-state index is 12.5. The van der Waals surface area contributed by atoms with Crippen LogP contribution in [-0.4, -0.2) is 21.8 Å². The van der Waals surface area contributed by atoms with Gasteiger partial charge in [0.2, 0.25) is 0 Å². The molecular weight excluding hydrogens is 340 g/mol. The predicted octanol–water partition coefficient (Wildman–Crippen LogP) is 5.51. The van der Waals surface area contributed by atoms with E-state index in [1.807, 2.05) is 33.8 Å². The van der Waals surface area contributed by atoms with Crippen LogP contribution in [0.15, 0.2) is 54.2 Å². The van der Waals surface area contributed by atoms with Crippen molar-refractivity contribution in [1.29, 1.82) is 0 Å². The molecule has 0 amide bonds. The SMILES string of the molecule is C=CC(C)(CCC=C(C)CC(=O)C=C(C)C)CC(=O)c1ccc(O)cc1O. The van der Waals surface area contributed by atoms with Crippen LogP contribution in [0.3, 0.4) is 0 Å². The topological polar surface area (TPSA) is 74.6 Å². The second-order valence-corrected chi connectivity index (χ2v) is 7.61. The number of carbonyl (C=O) groups is 2. The Bertz CT molecular complexity index is 767. The quantitative estimate of drug-likeness (QED) is 0.323. The van der Waals surface area contributed by atoms with E-state index in [0.717, 1.165) is 23.6 Å². The first-order valence-corrected chi connectivity index (χ1v) is 9.08. The molecule has 1 aromatic carbocycles. The van der Waals surface area contributed by atoms with Gasteiger partial charge in [-0.15, -0.1) is 6.58 Å². The molecule has 0 aliphatic heterocycles. The summed E-state index contributed by atoms with van der Waals surface area (Å²) >= 11 is 0. The van der Waals surface area contributed by atoms with Crippen molar-refractivity contribution in [2.45, 2.75) is 53.4 Å². The van der Waals surface area contributed by atoms with Crippen LogP contribution in [0.5, 0.6) is 11.5 Å². The lowest BCUT2D eigenvalue weighted by molar-refractivity contribution is -0.114. The molecule has 2 N–H and O–H groups in total. The minimum atomic E-state index is -0.428. The van der Waals surface area contributed by atoms with E-state index < -0.39 is 5.41 Å². The van der Waals surface area contributed by atoms with Gasteiger partial charge in [0.1, 0.15) is 11.5 Å². The number of hydrogen-bond acceptors (Lipinski definition) is 4. The molecule has 4 heteroatoms. The molecule has 27 heavy (non-hydrogen) atoms. The largest absolute Gasteiger partial charge is 0.508 e. The summed E-state index contributed by atoms with van der Waals surface area (Å²) in [6.07, 6.45) is 7.48. The number of allylic oxidation sites excluding steroid dienone is 5. The summed E-state index contributed by atoms with van der Waals surface area (Å²) in [4.78, 5) is 24.4. The summed E-state index contributed by atoms with van der Waals surface area (Å²) in [5.74, 6) is -0.415. The van der Waals surface area contributed by atoms with Crippen LogP contribution in [0.2, 0.25) is 0 Å². The lowest BCUT2D eigenvalue weighted by Crippen LogP contribution is -2.18. The fraction of sp³-hybridized carbons (Fsp3) is 0.391. The second kappa shape index (κ2) is 9.91. The molecule has 1 unspecified atom stereocenters.